The van der Waals surface area contributed by atoms with Gasteiger partial charge in [0.2, 0.25) is 5.91 Å². The van der Waals surface area contributed by atoms with Gasteiger partial charge in [0.1, 0.15) is 11.6 Å². The van der Waals surface area contributed by atoms with E-state index < -0.39 is 12.1 Å². The zero-order valence-electron chi connectivity index (χ0n) is 19.8. The third-order valence-corrected chi connectivity index (χ3v) is 7.50. The number of carboxylic acids is 1. The Hall–Kier alpha value is -2.23. The number of aliphatic carboxylic acids is 1. The Balaban J connectivity index is 0.000000429. The van der Waals surface area contributed by atoms with E-state index in [0.29, 0.717) is 30.4 Å². The van der Waals surface area contributed by atoms with Gasteiger partial charge in [-0.3, -0.25) is 9.69 Å². The number of likely N-dealkylation sites (tertiary alicyclic amines) is 2. The van der Waals surface area contributed by atoms with Crippen LogP contribution < -0.4 is 0 Å². The molecular weight excluding hydrogens is 471 g/mol. The first-order valence-corrected chi connectivity index (χ1v) is 12.3. The molecule has 3 aliphatic rings. The van der Waals surface area contributed by atoms with E-state index >= 15 is 0 Å². The highest BCUT2D eigenvalue weighted by Gasteiger charge is 2.46. The molecule has 0 bridgehead atoms. The molecule has 10 heteroatoms. The molecule has 0 radical (unpaired) electrons. The Bertz CT molecular complexity index is 888. The molecule has 3 fully saturated rings. The molecule has 1 saturated carbocycles. The molecule has 2 heterocycles. The molecule has 2 aliphatic heterocycles. The van der Waals surface area contributed by atoms with Gasteiger partial charge in [-0.1, -0.05) is 19.3 Å². The maximum atomic E-state index is 14.0. The van der Waals surface area contributed by atoms with Crippen LogP contribution in [0.3, 0.4) is 0 Å². The van der Waals surface area contributed by atoms with Crippen LogP contribution in [0.25, 0.3) is 0 Å². The summed E-state index contributed by atoms with van der Waals surface area (Å²) in [5.74, 6) is -2.49. The van der Waals surface area contributed by atoms with Gasteiger partial charge < -0.3 is 10.0 Å². The van der Waals surface area contributed by atoms with Crippen LogP contribution in [0.15, 0.2) is 18.2 Å². The molecule has 196 valence electrons. The van der Waals surface area contributed by atoms with Crippen LogP contribution in [-0.4, -0.2) is 58.1 Å². The van der Waals surface area contributed by atoms with Gasteiger partial charge in [0.15, 0.2) is 0 Å². The molecule has 35 heavy (non-hydrogen) atoms. The van der Waals surface area contributed by atoms with Crippen molar-refractivity contribution in [3.8, 4) is 0 Å². The molecule has 2 saturated heterocycles. The van der Waals surface area contributed by atoms with Crippen molar-refractivity contribution in [1.82, 2.24) is 9.80 Å². The van der Waals surface area contributed by atoms with Gasteiger partial charge in [-0.15, -0.1) is 0 Å². The van der Waals surface area contributed by atoms with Crippen LogP contribution in [0.1, 0.15) is 69.8 Å². The van der Waals surface area contributed by atoms with Crippen molar-refractivity contribution in [1.29, 1.82) is 0 Å². The smallest absolute Gasteiger partial charge is 0.475 e. The van der Waals surface area contributed by atoms with E-state index in [0.717, 1.165) is 45.3 Å². The quantitative estimate of drug-likeness (QED) is 0.548. The van der Waals surface area contributed by atoms with Gasteiger partial charge in [0, 0.05) is 37.2 Å². The van der Waals surface area contributed by atoms with Crippen molar-refractivity contribution in [3.05, 3.63) is 35.4 Å². The van der Waals surface area contributed by atoms with Crippen molar-refractivity contribution < 1.29 is 36.6 Å². The molecule has 1 amide bonds. The number of alkyl halides is 3. The lowest BCUT2D eigenvalue weighted by molar-refractivity contribution is -0.192. The Morgan fingerprint density at radius 3 is 2.37 bits per heavy atom. The first-order valence-electron chi connectivity index (χ1n) is 12.3. The van der Waals surface area contributed by atoms with Crippen molar-refractivity contribution in [2.24, 2.45) is 5.92 Å². The van der Waals surface area contributed by atoms with Gasteiger partial charge in [0.05, 0.1) is 0 Å². The first kappa shape index (κ1) is 27.4. The first-order chi connectivity index (χ1) is 16.5. The van der Waals surface area contributed by atoms with Crippen molar-refractivity contribution in [2.75, 3.05) is 19.6 Å². The third-order valence-electron chi connectivity index (χ3n) is 7.50. The summed E-state index contributed by atoms with van der Waals surface area (Å²) in [5, 5.41) is 7.12. The van der Waals surface area contributed by atoms with E-state index in [1.54, 1.807) is 0 Å². The van der Waals surface area contributed by atoms with Gasteiger partial charge in [-0.25, -0.2) is 13.6 Å². The molecule has 1 unspecified atom stereocenters. The Labute approximate surface area is 202 Å². The summed E-state index contributed by atoms with van der Waals surface area (Å²) in [7, 11) is 0. The second kappa shape index (κ2) is 11.7. The average molecular weight is 505 g/mol. The topological polar surface area (TPSA) is 60.9 Å². The SMILES string of the molecule is O=C(O)C(F)(F)F.O=C1CCC2(CCCN(Cc3cc(F)ccc3F)CC2)N1CC1CCCCC1. The minimum absolute atomic E-state index is 0.0102. The van der Waals surface area contributed by atoms with E-state index in [2.05, 4.69) is 9.80 Å². The molecule has 0 aromatic heterocycles. The number of carboxylic acid groups (broad SMARTS) is 1. The maximum Gasteiger partial charge on any atom is 0.490 e. The van der Waals surface area contributed by atoms with Gasteiger partial charge in [-0.2, -0.15) is 13.2 Å². The average Bonchev–Trinajstić information content (AvgIpc) is 2.97. The third kappa shape index (κ3) is 7.38. The number of rotatable bonds is 4. The number of carbonyl (C=O) groups is 2. The molecule has 1 aliphatic carbocycles. The van der Waals surface area contributed by atoms with Gasteiger partial charge >= 0.3 is 12.1 Å². The Morgan fingerprint density at radius 2 is 1.71 bits per heavy atom. The highest BCUT2D eigenvalue weighted by Crippen LogP contribution is 2.41. The summed E-state index contributed by atoms with van der Waals surface area (Å²) in [4.78, 5) is 26.1. The summed E-state index contributed by atoms with van der Waals surface area (Å²) in [5.41, 5.74) is 0.418. The molecule has 1 atom stereocenters. The van der Waals surface area contributed by atoms with Crippen LogP contribution in [0.2, 0.25) is 0 Å². The molecule has 1 N–H and O–H groups in total. The maximum absolute atomic E-state index is 14.0. The fraction of sp³-hybridized carbons (Fsp3) is 0.680. The van der Waals surface area contributed by atoms with Crippen molar-refractivity contribution in [2.45, 2.75) is 82.5 Å². The van der Waals surface area contributed by atoms with E-state index in [4.69, 9.17) is 9.90 Å². The predicted molar refractivity (Wildman–Crippen MR) is 119 cm³/mol. The highest BCUT2D eigenvalue weighted by molar-refractivity contribution is 5.79. The summed E-state index contributed by atoms with van der Waals surface area (Å²) in [6.45, 7) is 3.08. The van der Waals surface area contributed by atoms with Gasteiger partial charge in [-0.05, 0) is 69.2 Å². The fourth-order valence-electron chi connectivity index (χ4n) is 5.62. The summed E-state index contributed by atoms with van der Waals surface area (Å²) in [6.07, 6.45) is 5.98. The number of hydrogen-bond donors (Lipinski definition) is 1. The number of hydrogen-bond acceptors (Lipinski definition) is 3. The standard InChI is InChI=1S/C23H32F2N2O.C2HF3O2/c24-20-7-8-21(25)19(15-20)17-26-13-4-10-23(12-14-26)11-9-22(28)27(23)16-18-5-2-1-3-6-18;3-2(4,5)1(6)7/h7-8,15,18H,1-6,9-14,16-17H2;(H,6,7). The highest BCUT2D eigenvalue weighted by atomic mass is 19.4. The van der Waals surface area contributed by atoms with Crippen LogP contribution in [0.4, 0.5) is 22.0 Å². The van der Waals surface area contributed by atoms with Crippen LogP contribution in [0.5, 0.6) is 0 Å². The predicted octanol–water partition coefficient (Wildman–Crippen LogP) is 5.53. The minimum atomic E-state index is -5.08. The Kier molecular flexibility index (Phi) is 9.12. The van der Waals surface area contributed by atoms with E-state index in [-0.39, 0.29) is 17.2 Å². The summed E-state index contributed by atoms with van der Waals surface area (Å²) in [6, 6.07) is 3.69. The van der Waals surface area contributed by atoms with E-state index in [1.807, 2.05) is 0 Å². The zero-order chi connectivity index (χ0) is 25.6. The molecule has 5 nitrogen and oxygen atoms in total. The largest absolute Gasteiger partial charge is 0.490 e. The number of halogens is 5. The summed E-state index contributed by atoms with van der Waals surface area (Å²) < 4.78 is 59.3. The fourth-order valence-corrected chi connectivity index (χ4v) is 5.62. The monoisotopic (exact) mass is 504 g/mol. The molecule has 1 aromatic rings. The summed E-state index contributed by atoms with van der Waals surface area (Å²) >= 11 is 0. The molecule has 4 rings (SSSR count). The van der Waals surface area contributed by atoms with E-state index in [9.17, 15) is 26.7 Å². The lowest BCUT2D eigenvalue weighted by Crippen LogP contribution is -2.48. The van der Waals surface area contributed by atoms with Crippen LogP contribution in [-0.2, 0) is 16.1 Å². The zero-order valence-corrected chi connectivity index (χ0v) is 19.8. The number of amides is 1. The van der Waals surface area contributed by atoms with Crippen molar-refractivity contribution >= 4 is 11.9 Å². The van der Waals surface area contributed by atoms with Crippen LogP contribution >= 0.6 is 0 Å². The molecule has 1 aromatic carbocycles. The lowest BCUT2D eigenvalue weighted by atomic mass is 9.84. The van der Waals surface area contributed by atoms with E-state index in [1.165, 1.54) is 50.3 Å². The second-order valence-corrected chi connectivity index (χ2v) is 9.90. The number of benzene rings is 1. The van der Waals surface area contributed by atoms with Gasteiger partial charge in [0.25, 0.3) is 0 Å². The minimum Gasteiger partial charge on any atom is -0.475 e. The molecule has 1 spiro atoms. The van der Waals surface area contributed by atoms with Crippen LogP contribution in [0, 0.1) is 17.6 Å². The normalized spacial score (nSPS) is 24.3. The number of carbonyl (C=O) groups excluding carboxylic acids is 1. The lowest BCUT2D eigenvalue weighted by Gasteiger charge is -2.41. The molecular formula is C25H33F5N2O3. The number of nitrogens with zero attached hydrogens (tertiary/aromatic N) is 2. The van der Waals surface area contributed by atoms with Crippen molar-refractivity contribution in [3.63, 3.8) is 0 Å². The Morgan fingerprint density at radius 1 is 1.03 bits per heavy atom. The second-order valence-electron chi connectivity index (χ2n) is 9.90.